The zero-order valence-corrected chi connectivity index (χ0v) is 8.69. The Bertz CT molecular complexity index is 213. The molecule has 0 radical (unpaired) electrons. The normalized spacial score (nSPS) is 11.9. The summed E-state index contributed by atoms with van der Waals surface area (Å²) in [6.07, 6.45) is 0.333. The van der Waals surface area contributed by atoms with Crippen molar-refractivity contribution in [2.45, 2.75) is 19.4 Å². The van der Waals surface area contributed by atoms with E-state index in [1.165, 1.54) is 7.11 Å². The van der Waals surface area contributed by atoms with Crippen molar-refractivity contribution in [2.75, 3.05) is 26.8 Å². The van der Waals surface area contributed by atoms with Crippen molar-refractivity contribution in [3.63, 3.8) is 0 Å². The number of likely N-dealkylation sites (N-methyl/N-ethyl adjacent to an activating group) is 1. The van der Waals surface area contributed by atoms with Crippen LogP contribution in [0.2, 0.25) is 0 Å². The van der Waals surface area contributed by atoms with Gasteiger partial charge in [-0.3, -0.25) is 4.79 Å². The second-order valence-electron chi connectivity index (χ2n) is 2.89. The first kappa shape index (κ1) is 12.9. The molecular weight excluding hydrogens is 182 g/mol. The molecule has 0 aromatic rings. The lowest BCUT2D eigenvalue weighted by Gasteiger charge is -2.22. The fourth-order valence-corrected chi connectivity index (χ4v) is 1.09. The van der Waals surface area contributed by atoms with Crippen LogP contribution in [0.4, 0.5) is 0 Å². The molecule has 5 nitrogen and oxygen atoms in total. The van der Waals surface area contributed by atoms with Gasteiger partial charge in [0.05, 0.1) is 19.1 Å². The van der Waals surface area contributed by atoms with Crippen LogP contribution in [0.1, 0.15) is 13.3 Å². The molecule has 0 heterocycles. The minimum atomic E-state index is -0.626. The van der Waals surface area contributed by atoms with E-state index in [4.69, 9.17) is 15.7 Å². The second kappa shape index (κ2) is 7.30. The highest BCUT2D eigenvalue weighted by Gasteiger charge is 2.18. The molecule has 0 saturated heterocycles. The van der Waals surface area contributed by atoms with Crippen molar-refractivity contribution in [3.8, 4) is 6.07 Å². The predicted molar refractivity (Wildman–Crippen MR) is 52.3 cm³/mol. The molecule has 0 fully saturated rings. The van der Waals surface area contributed by atoms with E-state index in [9.17, 15) is 4.79 Å². The molecule has 0 rings (SSSR count). The number of hydrogen-bond donors (Lipinski definition) is 1. The van der Waals surface area contributed by atoms with Gasteiger partial charge in [0.1, 0.15) is 6.04 Å². The summed E-state index contributed by atoms with van der Waals surface area (Å²) in [6.45, 7) is 3.07. The van der Waals surface area contributed by atoms with E-state index in [1.807, 2.05) is 13.0 Å². The summed E-state index contributed by atoms with van der Waals surface area (Å²) in [7, 11) is 1.50. The SMILES string of the molecule is CCN(CCC#N)C(=O)C(N)COC. The Morgan fingerprint density at radius 2 is 2.36 bits per heavy atom. The number of methoxy groups -OCH3 is 1. The van der Waals surface area contributed by atoms with Crippen LogP contribution in [-0.2, 0) is 9.53 Å². The van der Waals surface area contributed by atoms with Gasteiger partial charge in [-0.15, -0.1) is 0 Å². The molecule has 0 aromatic carbocycles. The molecule has 14 heavy (non-hydrogen) atoms. The maximum atomic E-state index is 11.6. The summed E-state index contributed by atoms with van der Waals surface area (Å²) < 4.78 is 4.79. The third-order valence-corrected chi connectivity index (χ3v) is 1.85. The third-order valence-electron chi connectivity index (χ3n) is 1.85. The molecule has 0 aromatic heterocycles. The summed E-state index contributed by atoms with van der Waals surface area (Å²) in [4.78, 5) is 13.1. The number of hydrogen-bond acceptors (Lipinski definition) is 4. The van der Waals surface area contributed by atoms with Gasteiger partial charge >= 0.3 is 0 Å². The lowest BCUT2D eigenvalue weighted by molar-refractivity contribution is -0.133. The molecule has 1 unspecified atom stereocenters. The van der Waals surface area contributed by atoms with Crippen molar-refractivity contribution in [1.82, 2.24) is 4.90 Å². The Morgan fingerprint density at radius 3 is 2.79 bits per heavy atom. The van der Waals surface area contributed by atoms with E-state index in [-0.39, 0.29) is 12.5 Å². The van der Waals surface area contributed by atoms with Crippen LogP contribution in [0.25, 0.3) is 0 Å². The first-order valence-corrected chi connectivity index (χ1v) is 4.57. The number of carbonyl (C=O) groups excluding carboxylic acids is 1. The molecule has 0 bridgehead atoms. The fraction of sp³-hybridized carbons (Fsp3) is 0.778. The smallest absolute Gasteiger partial charge is 0.241 e. The highest BCUT2D eigenvalue weighted by atomic mass is 16.5. The standard InChI is InChI=1S/C9H17N3O2/c1-3-12(6-4-5-10)9(13)8(11)7-14-2/h8H,3-4,6-7,11H2,1-2H3. The Hall–Kier alpha value is -1.12. The van der Waals surface area contributed by atoms with Gasteiger partial charge in [0.25, 0.3) is 0 Å². The van der Waals surface area contributed by atoms with Crippen LogP contribution in [0.15, 0.2) is 0 Å². The van der Waals surface area contributed by atoms with Crippen LogP contribution < -0.4 is 5.73 Å². The van der Waals surface area contributed by atoms with Crippen molar-refractivity contribution < 1.29 is 9.53 Å². The second-order valence-corrected chi connectivity index (χ2v) is 2.89. The van der Waals surface area contributed by atoms with Crippen LogP contribution >= 0.6 is 0 Å². The van der Waals surface area contributed by atoms with Gasteiger partial charge in [0.2, 0.25) is 5.91 Å². The number of nitrogens with zero attached hydrogens (tertiary/aromatic N) is 2. The molecule has 0 aliphatic carbocycles. The van der Waals surface area contributed by atoms with E-state index in [0.29, 0.717) is 19.5 Å². The molecule has 1 atom stereocenters. The third kappa shape index (κ3) is 4.21. The Kier molecular flexibility index (Phi) is 6.72. The van der Waals surface area contributed by atoms with Crippen LogP contribution in [0.3, 0.4) is 0 Å². The predicted octanol–water partition coefficient (Wildman–Crippen LogP) is -0.278. The summed E-state index contributed by atoms with van der Waals surface area (Å²) >= 11 is 0. The lowest BCUT2D eigenvalue weighted by Crippen LogP contribution is -2.46. The van der Waals surface area contributed by atoms with Gasteiger partial charge in [0, 0.05) is 20.2 Å². The zero-order valence-electron chi connectivity index (χ0n) is 8.69. The summed E-state index contributed by atoms with van der Waals surface area (Å²) in [5.74, 6) is -0.162. The number of carbonyl (C=O) groups is 1. The van der Waals surface area contributed by atoms with Crippen LogP contribution in [-0.4, -0.2) is 43.7 Å². The first-order chi connectivity index (χ1) is 6.67. The van der Waals surface area contributed by atoms with E-state index >= 15 is 0 Å². The summed E-state index contributed by atoms with van der Waals surface area (Å²) in [5.41, 5.74) is 5.58. The minimum Gasteiger partial charge on any atom is -0.383 e. The quantitative estimate of drug-likeness (QED) is 0.638. The Balaban J connectivity index is 4.09. The fourth-order valence-electron chi connectivity index (χ4n) is 1.09. The highest BCUT2D eigenvalue weighted by Crippen LogP contribution is 1.95. The molecule has 5 heteroatoms. The Labute approximate surface area is 84.4 Å². The molecule has 0 spiro atoms. The van der Waals surface area contributed by atoms with E-state index in [1.54, 1.807) is 4.90 Å². The van der Waals surface area contributed by atoms with Crippen LogP contribution in [0, 0.1) is 11.3 Å². The summed E-state index contributed by atoms with van der Waals surface area (Å²) in [5, 5.41) is 8.39. The average Bonchev–Trinajstić information content (AvgIpc) is 2.19. The van der Waals surface area contributed by atoms with Gasteiger partial charge in [-0.05, 0) is 6.92 Å². The molecule has 0 aliphatic rings. The van der Waals surface area contributed by atoms with Gasteiger partial charge in [-0.2, -0.15) is 5.26 Å². The molecule has 80 valence electrons. The lowest BCUT2D eigenvalue weighted by atomic mass is 10.2. The maximum absolute atomic E-state index is 11.6. The highest BCUT2D eigenvalue weighted by molar-refractivity contribution is 5.81. The number of ether oxygens (including phenoxy) is 1. The van der Waals surface area contributed by atoms with Gasteiger partial charge < -0.3 is 15.4 Å². The van der Waals surface area contributed by atoms with Gasteiger partial charge in [-0.1, -0.05) is 0 Å². The van der Waals surface area contributed by atoms with Crippen molar-refractivity contribution in [2.24, 2.45) is 5.73 Å². The van der Waals surface area contributed by atoms with Gasteiger partial charge in [0.15, 0.2) is 0 Å². The molecule has 1 amide bonds. The molecule has 0 saturated carbocycles. The number of nitrogens with two attached hydrogens (primary N) is 1. The van der Waals surface area contributed by atoms with Crippen LogP contribution in [0.5, 0.6) is 0 Å². The Morgan fingerprint density at radius 1 is 1.71 bits per heavy atom. The number of amides is 1. The summed E-state index contributed by atoms with van der Waals surface area (Å²) in [6, 6.07) is 1.37. The largest absolute Gasteiger partial charge is 0.383 e. The molecule has 2 N–H and O–H groups in total. The number of nitriles is 1. The average molecular weight is 199 g/mol. The monoisotopic (exact) mass is 199 g/mol. The van der Waals surface area contributed by atoms with Gasteiger partial charge in [-0.25, -0.2) is 0 Å². The van der Waals surface area contributed by atoms with E-state index < -0.39 is 6.04 Å². The van der Waals surface area contributed by atoms with Crippen molar-refractivity contribution >= 4 is 5.91 Å². The number of rotatable bonds is 6. The van der Waals surface area contributed by atoms with E-state index in [0.717, 1.165) is 0 Å². The maximum Gasteiger partial charge on any atom is 0.241 e. The first-order valence-electron chi connectivity index (χ1n) is 4.57. The van der Waals surface area contributed by atoms with Crippen molar-refractivity contribution in [1.29, 1.82) is 5.26 Å². The molecular formula is C9H17N3O2. The van der Waals surface area contributed by atoms with Crippen molar-refractivity contribution in [3.05, 3.63) is 0 Å². The zero-order chi connectivity index (χ0) is 11.0. The van der Waals surface area contributed by atoms with E-state index in [2.05, 4.69) is 0 Å². The topological polar surface area (TPSA) is 79.4 Å². The minimum absolute atomic E-state index is 0.162. The molecule has 0 aliphatic heterocycles.